The first-order chi connectivity index (χ1) is 13.4. The molecule has 3 aromatic rings. The van der Waals surface area contributed by atoms with Crippen LogP contribution in [0, 0.1) is 10.1 Å². The molecule has 1 fully saturated rings. The van der Waals surface area contributed by atoms with Crippen LogP contribution >= 0.6 is 0 Å². The Morgan fingerprint density at radius 1 is 1.29 bits per heavy atom. The summed E-state index contributed by atoms with van der Waals surface area (Å²) in [6.45, 7) is 4.02. The van der Waals surface area contributed by atoms with Crippen LogP contribution in [0.4, 0.5) is 17.1 Å². The van der Waals surface area contributed by atoms with E-state index in [2.05, 4.69) is 20.7 Å². The van der Waals surface area contributed by atoms with Gasteiger partial charge in [0.2, 0.25) is 0 Å². The number of pyridine rings is 1. The maximum absolute atomic E-state index is 12.6. The van der Waals surface area contributed by atoms with Gasteiger partial charge in [0.25, 0.3) is 11.6 Å². The zero-order chi connectivity index (χ0) is 19.8. The number of carbonyl (C=O) groups excluding carboxylic acids is 1. The molecule has 28 heavy (non-hydrogen) atoms. The number of nitrogens with zero attached hydrogens (tertiary/aromatic N) is 4. The van der Waals surface area contributed by atoms with Gasteiger partial charge >= 0.3 is 0 Å². The third kappa shape index (κ3) is 3.51. The number of nitro benzene ring substituents is 1. The lowest BCUT2D eigenvalue weighted by Crippen LogP contribution is -2.13. The summed E-state index contributed by atoms with van der Waals surface area (Å²) in [5, 5.41) is 22.4. The van der Waals surface area contributed by atoms with E-state index in [1.807, 2.05) is 13.8 Å². The summed E-state index contributed by atoms with van der Waals surface area (Å²) in [6, 6.07) is 6.69. The SMILES string of the molecule is CC(C)n1ncc2cc(NC(=O)c3ccc(NC4CC4)c([N+](=O)[O-])c3)cnc21. The highest BCUT2D eigenvalue weighted by Crippen LogP contribution is 2.31. The van der Waals surface area contributed by atoms with Gasteiger partial charge in [0.05, 0.1) is 23.0 Å². The van der Waals surface area contributed by atoms with Gasteiger partial charge in [-0.05, 0) is 44.9 Å². The smallest absolute Gasteiger partial charge is 0.293 e. The second-order valence-corrected chi connectivity index (χ2v) is 7.18. The van der Waals surface area contributed by atoms with Crippen LogP contribution in [0.2, 0.25) is 0 Å². The topological polar surface area (TPSA) is 115 Å². The molecule has 1 aliphatic rings. The standard InChI is InChI=1S/C19H20N6O3/c1-11(2)24-18-13(9-21-24)7-15(10-20-18)23-19(26)12-3-6-16(22-14-4-5-14)17(8-12)25(27)28/h3,6-11,14,22H,4-5H2,1-2H3,(H,23,26). The molecule has 0 saturated heterocycles. The van der Waals surface area contributed by atoms with Gasteiger partial charge in [0, 0.05) is 29.1 Å². The molecular weight excluding hydrogens is 360 g/mol. The minimum atomic E-state index is -0.477. The van der Waals surface area contributed by atoms with Crippen molar-refractivity contribution in [3.05, 3.63) is 52.3 Å². The molecule has 2 aromatic heterocycles. The minimum Gasteiger partial charge on any atom is -0.377 e. The number of aromatic nitrogens is 3. The number of carbonyl (C=O) groups is 1. The summed E-state index contributed by atoms with van der Waals surface area (Å²) in [5.74, 6) is -0.432. The van der Waals surface area contributed by atoms with Gasteiger partial charge in [-0.25, -0.2) is 9.67 Å². The van der Waals surface area contributed by atoms with E-state index in [1.54, 1.807) is 35.3 Å². The molecular formula is C19H20N6O3. The van der Waals surface area contributed by atoms with E-state index in [-0.39, 0.29) is 23.3 Å². The minimum absolute atomic E-state index is 0.105. The van der Waals surface area contributed by atoms with Crippen LogP contribution in [0.3, 0.4) is 0 Å². The zero-order valence-corrected chi connectivity index (χ0v) is 15.5. The number of fused-ring (bicyclic) bond motifs is 1. The van der Waals surface area contributed by atoms with Gasteiger partial charge in [0.15, 0.2) is 5.65 Å². The molecule has 9 heteroatoms. The number of hydrogen-bond acceptors (Lipinski definition) is 6. The highest BCUT2D eigenvalue weighted by atomic mass is 16.6. The number of amides is 1. The molecule has 2 heterocycles. The summed E-state index contributed by atoms with van der Waals surface area (Å²) in [5.41, 5.74) is 1.79. The number of rotatable bonds is 6. The van der Waals surface area contributed by atoms with Crippen LogP contribution in [-0.4, -0.2) is 31.6 Å². The van der Waals surface area contributed by atoms with Crippen LogP contribution in [0.5, 0.6) is 0 Å². The lowest BCUT2D eigenvalue weighted by atomic mass is 10.1. The van der Waals surface area contributed by atoms with Crippen molar-refractivity contribution in [2.75, 3.05) is 10.6 Å². The summed E-state index contributed by atoms with van der Waals surface area (Å²) >= 11 is 0. The van der Waals surface area contributed by atoms with Gasteiger partial charge in [-0.1, -0.05) is 0 Å². The highest BCUT2D eigenvalue weighted by Gasteiger charge is 2.25. The lowest BCUT2D eigenvalue weighted by molar-refractivity contribution is -0.384. The van der Waals surface area contributed by atoms with Crippen molar-refractivity contribution in [2.45, 2.75) is 38.8 Å². The maximum atomic E-state index is 12.6. The van der Waals surface area contributed by atoms with Gasteiger partial charge < -0.3 is 10.6 Å². The van der Waals surface area contributed by atoms with Gasteiger partial charge in [0.1, 0.15) is 5.69 Å². The van der Waals surface area contributed by atoms with E-state index in [9.17, 15) is 14.9 Å². The van der Waals surface area contributed by atoms with Crippen molar-refractivity contribution in [3.63, 3.8) is 0 Å². The number of benzene rings is 1. The molecule has 1 saturated carbocycles. The molecule has 0 bridgehead atoms. The maximum Gasteiger partial charge on any atom is 0.293 e. The van der Waals surface area contributed by atoms with E-state index in [0.717, 1.165) is 23.9 Å². The Hall–Kier alpha value is -3.49. The molecule has 0 aliphatic heterocycles. The van der Waals surface area contributed by atoms with Crippen molar-refractivity contribution in [3.8, 4) is 0 Å². The number of hydrogen-bond donors (Lipinski definition) is 2. The fraction of sp³-hybridized carbons (Fsp3) is 0.316. The molecule has 4 rings (SSSR count). The van der Waals surface area contributed by atoms with E-state index in [0.29, 0.717) is 11.4 Å². The first kappa shape index (κ1) is 17.9. The Morgan fingerprint density at radius 3 is 2.75 bits per heavy atom. The molecule has 1 amide bonds. The highest BCUT2D eigenvalue weighted by molar-refractivity contribution is 6.05. The Balaban J connectivity index is 1.56. The van der Waals surface area contributed by atoms with Crippen molar-refractivity contribution in [2.24, 2.45) is 0 Å². The largest absolute Gasteiger partial charge is 0.377 e. The Morgan fingerprint density at radius 2 is 2.07 bits per heavy atom. The van der Waals surface area contributed by atoms with Crippen molar-refractivity contribution < 1.29 is 9.72 Å². The second kappa shape index (κ2) is 6.91. The zero-order valence-electron chi connectivity index (χ0n) is 15.5. The Bertz CT molecular complexity index is 1070. The summed E-state index contributed by atoms with van der Waals surface area (Å²) in [4.78, 5) is 27.9. The first-order valence-electron chi connectivity index (χ1n) is 9.12. The monoisotopic (exact) mass is 380 g/mol. The molecule has 0 radical (unpaired) electrons. The van der Waals surface area contributed by atoms with E-state index in [4.69, 9.17) is 0 Å². The number of nitro groups is 1. The fourth-order valence-corrected chi connectivity index (χ4v) is 2.98. The average Bonchev–Trinajstić information content (AvgIpc) is 3.37. The molecule has 144 valence electrons. The molecule has 0 atom stereocenters. The van der Waals surface area contributed by atoms with Gasteiger partial charge in [-0.2, -0.15) is 5.10 Å². The second-order valence-electron chi connectivity index (χ2n) is 7.18. The van der Waals surface area contributed by atoms with E-state index in [1.165, 1.54) is 6.07 Å². The van der Waals surface area contributed by atoms with Crippen LogP contribution in [-0.2, 0) is 0 Å². The van der Waals surface area contributed by atoms with Gasteiger partial charge in [-0.15, -0.1) is 0 Å². The molecule has 0 spiro atoms. The quantitative estimate of drug-likeness (QED) is 0.497. The van der Waals surface area contributed by atoms with Crippen LogP contribution < -0.4 is 10.6 Å². The third-order valence-corrected chi connectivity index (χ3v) is 4.57. The molecule has 1 aromatic carbocycles. The van der Waals surface area contributed by atoms with Crippen LogP contribution in [0.15, 0.2) is 36.7 Å². The van der Waals surface area contributed by atoms with Crippen LogP contribution in [0.25, 0.3) is 11.0 Å². The Kier molecular flexibility index (Phi) is 4.42. The third-order valence-electron chi connectivity index (χ3n) is 4.57. The summed E-state index contributed by atoms with van der Waals surface area (Å²) < 4.78 is 1.80. The number of anilines is 2. The van der Waals surface area contributed by atoms with Crippen molar-refractivity contribution in [1.82, 2.24) is 14.8 Å². The normalized spacial score (nSPS) is 13.7. The van der Waals surface area contributed by atoms with Crippen LogP contribution in [0.1, 0.15) is 43.1 Å². The van der Waals surface area contributed by atoms with E-state index >= 15 is 0 Å². The van der Waals surface area contributed by atoms with Gasteiger partial charge in [-0.3, -0.25) is 14.9 Å². The first-order valence-corrected chi connectivity index (χ1v) is 9.12. The molecule has 2 N–H and O–H groups in total. The molecule has 0 unspecified atom stereocenters. The van der Waals surface area contributed by atoms with Crippen molar-refractivity contribution >= 4 is 34.0 Å². The summed E-state index contributed by atoms with van der Waals surface area (Å²) in [7, 11) is 0. The predicted octanol–water partition coefficient (Wildman–Crippen LogP) is 3.75. The number of nitrogens with one attached hydrogen (secondary N) is 2. The molecule has 1 aliphatic carbocycles. The Labute approximate surface area is 160 Å². The average molecular weight is 380 g/mol. The fourth-order valence-electron chi connectivity index (χ4n) is 2.98. The van der Waals surface area contributed by atoms with Crippen molar-refractivity contribution in [1.29, 1.82) is 0 Å². The molecule has 9 nitrogen and oxygen atoms in total. The predicted molar refractivity (Wildman–Crippen MR) is 106 cm³/mol. The van der Waals surface area contributed by atoms with E-state index < -0.39 is 10.8 Å². The lowest BCUT2D eigenvalue weighted by Gasteiger charge is -2.09. The summed E-state index contributed by atoms with van der Waals surface area (Å²) in [6.07, 6.45) is 5.25.